The van der Waals surface area contributed by atoms with Gasteiger partial charge in [-0.3, -0.25) is 0 Å². The maximum absolute atomic E-state index is 5.79. The van der Waals surface area contributed by atoms with Crippen molar-refractivity contribution in [2.24, 2.45) is 5.73 Å². The topological polar surface area (TPSA) is 50.9 Å². The third-order valence-electron chi connectivity index (χ3n) is 2.55. The lowest BCUT2D eigenvalue weighted by Crippen LogP contribution is -2.23. The van der Waals surface area contributed by atoms with Crippen molar-refractivity contribution < 1.29 is 0 Å². The molecule has 0 aromatic carbocycles. The Balaban J connectivity index is 2.96. The molecule has 0 saturated heterocycles. The number of nitrogens with zero attached hydrogens (tertiary/aromatic N) is 1. The average molecular weight is 283 g/mol. The summed E-state index contributed by atoms with van der Waals surface area (Å²) in [6, 6.07) is 2.35. The molecule has 0 fully saturated rings. The second-order valence-electron chi connectivity index (χ2n) is 4.37. The Bertz CT molecular complexity index is 432. The Labute approximate surface area is 119 Å². The molecular weight excluding hydrogens is 262 g/mol. The van der Waals surface area contributed by atoms with Gasteiger partial charge in [-0.1, -0.05) is 19.1 Å². The molecule has 3 N–H and O–H groups in total. The third kappa shape index (κ3) is 4.14. The normalized spacial score (nSPS) is 12.2. The highest BCUT2D eigenvalue weighted by molar-refractivity contribution is 7.99. The molecule has 0 saturated carbocycles. The summed E-state index contributed by atoms with van der Waals surface area (Å²) >= 11 is 7.02. The number of pyridine rings is 1. The number of anilines is 1. The molecule has 100 valence electrons. The number of hydrogen-bond acceptors (Lipinski definition) is 4. The number of nitrogens with two attached hydrogens (primary N) is 1. The number of aryl methyl sites for hydroxylation is 2. The number of thiocarbonyl (C=S) groups is 1. The van der Waals surface area contributed by atoms with Crippen molar-refractivity contribution in [2.45, 2.75) is 33.7 Å². The summed E-state index contributed by atoms with van der Waals surface area (Å²) < 4.78 is 0. The molecule has 1 heterocycles. The van der Waals surface area contributed by atoms with E-state index in [1.54, 1.807) is 0 Å². The summed E-state index contributed by atoms with van der Waals surface area (Å²) in [6.45, 7) is 8.30. The van der Waals surface area contributed by atoms with E-state index in [1.165, 1.54) is 0 Å². The lowest BCUT2D eigenvalue weighted by molar-refractivity contribution is 0.897. The van der Waals surface area contributed by atoms with Gasteiger partial charge in [-0.2, -0.15) is 11.8 Å². The minimum atomic E-state index is 0.344. The van der Waals surface area contributed by atoms with Crippen molar-refractivity contribution in [3.05, 3.63) is 22.9 Å². The van der Waals surface area contributed by atoms with Gasteiger partial charge < -0.3 is 11.1 Å². The van der Waals surface area contributed by atoms with Crippen LogP contribution in [0.15, 0.2) is 6.07 Å². The Kier molecular flexibility index (Phi) is 5.88. The van der Waals surface area contributed by atoms with Gasteiger partial charge in [-0.15, -0.1) is 0 Å². The van der Waals surface area contributed by atoms with Gasteiger partial charge in [0, 0.05) is 17.5 Å². The Morgan fingerprint density at radius 3 is 2.78 bits per heavy atom. The first-order valence-electron chi connectivity index (χ1n) is 6.08. The maximum atomic E-state index is 5.79. The smallest absolute Gasteiger partial charge is 0.137 e. The monoisotopic (exact) mass is 283 g/mol. The van der Waals surface area contributed by atoms with Gasteiger partial charge in [0.25, 0.3) is 0 Å². The van der Waals surface area contributed by atoms with Gasteiger partial charge in [0.15, 0.2) is 0 Å². The van der Waals surface area contributed by atoms with E-state index in [-0.39, 0.29) is 0 Å². The van der Waals surface area contributed by atoms with E-state index in [2.05, 4.69) is 24.1 Å². The number of hydrogen-bond donors (Lipinski definition) is 2. The zero-order valence-corrected chi connectivity index (χ0v) is 13.0. The van der Waals surface area contributed by atoms with E-state index in [9.17, 15) is 0 Å². The molecule has 1 aromatic heterocycles. The number of nitrogens with one attached hydrogen (secondary N) is 1. The van der Waals surface area contributed by atoms with Crippen molar-refractivity contribution >= 4 is 34.8 Å². The van der Waals surface area contributed by atoms with Crippen molar-refractivity contribution in [3.8, 4) is 0 Å². The standard InChI is InChI=1S/C13H21N3S2/c1-5-18-7-10(4)16-13-11(12(14)17)8(2)6-9(3)15-13/h6,10H,5,7H2,1-4H3,(H2,14,17)(H,15,16). The first-order chi connectivity index (χ1) is 8.45. The van der Waals surface area contributed by atoms with Crippen LogP contribution in [0.4, 0.5) is 5.82 Å². The molecule has 0 radical (unpaired) electrons. The highest BCUT2D eigenvalue weighted by atomic mass is 32.2. The van der Waals surface area contributed by atoms with E-state index in [0.29, 0.717) is 11.0 Å². The largest absolute Gasteiger partial charge is 0.389 e. The molecule has 0 aliphatic rings. The second kappa shape index (κ2) is 6.95. The van der Waals surface area contributed by atoms with E-state index >= 15 is 0 Å². The van der Waals surface area contributed by atoms with Gasteiger partial charge in [-0.05, 0) is 38.2 Å². The van der Waals surface area contributed by atoms with Crippen LogP contribution in [0.3, 0.4) is 0 Å². The molecule has 3 nitrogen and oxygen atoms in total. The minimum absolute atomic E-state index is 0.344. The fourth-order valence-corrected chi connectivity index (χ4v) is 2.75. The van der Waals surface area contributed by atoms with Gasteiger partial charge in [0.05, 0.1) is 5.56 Å². The predicted octanol–water partition coefficient (Wildman–Crippen LogP) is 2.89. The molecule has 0 bridgehead atoms. The van der Waals surface area contributed by atoms with E-state index in [1.807, 2.05) is 31.7 Å². The van der Waals surface area contributed by atoms with E-state index < -0.39 is 0 Å². The van der Waals surface area contributed by atoms with Crippen LogP contribution in [0.2, 0.25) is 0 Å². The molecule has 1 aromatic rings. The Hall–Kier alpha value is -0.810. The van der Waals surface area contributed by atoms with Crippen LogP contribution >= 0.6 is 24.0 Å². The fraction of sp³-hybridized carbons (Fsp3) is 0.538. The average Bonchev–Trinajstić information content (AvgIpc) is 2.24. The van der Waals surface area contributed by atoms with Gasteiger partial charge in [-0.25, -0.2) is 4.98 Å². The summed E-state index contributed by atoms with van der Waals surface area (Å²) in [7, 11) is 0. The number of rotatable bonds is 6. The Morgan fingerprint density at radius 2 is 2.22 bits per heavy atom. The van der Waals surface area contributed by atoms with Crippen LogP contribution in [-0.4, -0.2) is 27.5 Å². The molecule has 1 unspecified atom stereocenters. The lowest BCUT2D eigenvalue weighted by atomic mass is 10.1. The number of aromatic nitrogens is 1. The molecule has 1 atom stereocenters. The van der Waals surface area contributed by atoms with Crippen LogP contribution < -0.4 is 11.1 Å². The molecule has 18 heavy (non-hydrogen) atoms. The predicted molar refractivity (Wildman–Crippen MR) is 85.7 cm³/mol. The SMILES string of the molecule is CCSCC(C)Nc1nc(C)cc(C)c1C(N)=S. The molecule has 0 aliphatic carbocycles. The van der Waals surface area contributed by atoms with Crippen LogP contribution in [-0.2, 0) is 0 Å². The van der Waals surface area contributed by atoms with E-state index in [0.717, 1.165) is 34.1 Å². The first kappa shape index (κ1) is 15.2. The van der Waals surface area contributed by atoms with Crippen molar-refractivity contribution in [2.75, 3.05) is 16.8 Å². The zero-order chi connectivity index (χ0) is 13.7. The van der Waals surface area contributed by atoms with Gasteiger partial charge in [0.1, 0.15) is 10.8 Å². The van der Waals surface area contributed by atoms with Crippen molar-refractivity contribution in [3.63, 3.8) is 0 Å². The van der Waals surface area contributed by atoms with Crippen LogP contribution in [0.1, 0.15) is 30.7 Å². The molecular formula is C13H21N3S2. The number of thioether (sulfide) groups is 1. The van der Waals surface area contributed by atoms with E-state index in [4.69, 9.17) is 18.0 Å². The molecule has 1 rings (SSSR count). The zero-order valence-electron chi connectivity index (χ0n) is 11.4. The van der Waals surface area contributed by atoms with Crippen LogP contribution in [0.5, 0.6) is 0 Å². The maximum Gasteiger partial charge on any atom is 0.137 e. The summed E-state index contributed by atoms with van der Waals surface area (Å²) in [5.74, 6) is 2.97. The molecule has 0 amide bonds. The molecule has 0 aliphatic heterocycles. The lowest BCUT2D eigenvalue weighted by Gasteiger charge is -2.18. The summed E-state index contributed by atoms with van der Waals surface area (Å²) in [6.07, 6.45) is 0. The van der Waals surface area contributed by atoms with Gasteiger partial charge in [0.2, 0.25) is 0 Å². The summed E-state index contributed by atoms with van der Waals surface area (Å²) in [5, 5.41) is 3.41. The van der Waals surface area contributed by atoms with Crippen LogP contribution in [0.25, 0.3) is 0 Å². The highest BCUT2D eigenvalue weighted by Gasteiger charge is 2.13. The third-order valence-corrected chi connectivity index (χ3v) is 3.89. The molecule has 5 heteroatoms. The van der Waals surface area contributed by atoms with Crippen molar-refractivity contribution in [1.29, 1.82) is 0 Å². The molecule has 0 spiro atoms. The van der Waals surface area contributed by atoms with Crippen LogP contribution in [0, 0.1) is 13.8 Å². The summed E-state index contributed by atoms with van der Waals surface area (Å²) in [5.41, 5.74) is 8.71. The minimum Gasteiger partial charge on any atom is -0.389 e. The second-order valence-corrected chi connectivity index (χ2v) is 6.13. The fourth-order valence-electron chi connectivity index (χ4n) is 1.82. The van der Waals surface area contributed by atoms with Gasteiger partial charge >= 0.3 is 0 Å². The van der Waals surface area contributed by atoms with Crippen molar-refractivity contribution in [1.82, 2.24) is 4.98 Å². The first-order valence-corrected chi connectivity index (χ1v) is 7.64. The Morgan fingerprint density at radius 1 is 1.56 bits per heavy atom. The highest BCUT2D eigenvalue weighted by Crippen LogP contribution is 2.20. The summed E-state index contributed by atoms with van der Waals surface area (Å²) in [4.78, 5) is 4.92. The quantitative estimate of drug-likeness (QED) is 0.786.